The third-order valence-electron chi connectivity index (χ3n) is 2.78. The van der Waals surface area contributed by atoms with Crippen LogP contribution in [0, 0.1) is 0 Å². The van der Waals surface area contributed by atoms with Gasteiger partial charge in [0.25, 0.3) is 0 Å². The summed E-state index contributed by atoms with van der Waals surface area (Å²) in [5.41, 5.74) is 7.81. The molecule has 0 saturated carbocycles. The first-order valence-electron chi connectivity index (χ1n) is 6.21. The summed E-state index contributed by atoms with van der Waals surface area (Å²) in [5.74, 6) is 0.286. The van der Waals surface area contributed by atoms with Gasteiger partial charge in [-0.15, -0.1) is 0 Å². The van der Waals surface area contributed by atoms with Crippen LogP contribution in [0.4, 0.5) is 5.69 Å². The third kappa shape index (κ3) is 3.86. The van der Waals surface area contributed by atoms with E-state index in [-0.39, 0.29) is 5.91 Å². The van der Waals surface area contributed by atoms with Crippen LogP contribution in [0.5, 0.6) is 0 Å². The van der Waals surface area contributed by atoms with Crippen LogP contribution >= 0.6 is 0 Å². The van der Waals surface area contributed by atoms with E-state index in [1.54, 1.807) is 0 Å². The summed E-state index contributed by atoms with van der Waals surface area (Å²) in [7, 11) is 0. The molecule has 0 radical (unpaired) electrons. The van der Waals surface area contributed by atoms with E-state index in [1.807, 2.05) is 31.2 Å². The molecule has 3 heteroatoms. The lowest BCUT2D eigenvalue weighted by atomic mass is 10.0. The first-order valence-corrected chi connectivity index (χ1v) is 6.21. The second-order valence-corrected chi connectivity index (χ2v) is 4.63. The van der Waals surface area contributed by atoms with Crippen LogP contribution in [0.25, 0.3) is 0 Å². The van der Waals surface area contributed by atoms with E-state index in [4.69, 9.17) is 5.73 Å². The molecule has 0 aliphatic carbocycles. The first-order chi connectivity index (χ1) is 8.06. The summed E-state index contributed by atoms with van der Waals surface area (Å²) in [6.45, 7) is 6.24. The van der Waals surface area contributed by atoms with Crippen LogP contribution in [0.2, 0.25) is 0 Å². The highest BCUT2D eigenvalue weighted by Crippen LogP contribution is 2.23. The quantitative estimate of drug-likeness (QED) is 0.823. The molecule has 1 rings (SSSR count). The number of rotatable bonds is 5. The van der Waals surface area contributed by atoms with Gasteiger partial charge in [-0.1, -0.05) is 45.4 Å². The summed E-state index contributed by atoms with van der Waals surface area (Å²) in [4.78, 5) is 11.8. The van der Waals surface area contributed by atoms with Crippen molar-refractivity contribution in [1.29, 1.82) is 0 Å². The second kappa shape index (κ2) is 6.40. The van der Waals surface area contributed by atoms with E-state index in [1.165, 1.54) is 0 Å². The van der Waals surface area contributed by atoms with Gasteiger partial charge in [0.15, 0.2) is 0 Å². The monoisotopic (exact) mass is 234 g/mol. The van der Waals surface area contributed by atoms with Crippen molar-refractivity contribution in [3.05, 3.63) is 29.8 Å². The van der Waals surface area contributed by atoms with Crippen LogP contribution in [0.3, 0.4) is 0 Å². The van der Waals surface area contributed by atoms with E-state index in [0.717, 1.165) is 24.1 Å². The Morgan fingerprint density at radius 1 is 1.35 bits per heavy atom. The SMILES string of the molecule is CCC[C@H](N)C(=O)Nc1ccccc1C(C)C. The van der Waals surface area contributed by atoms with Crippen molar-refractivity contribution in [2.75, 3.05) is 5.32 Å². The maximum atomic E-state index is 11.8. The number of nitrogens with one attached hydrogen (secondary N) is 1. The Hall–Kier alpha value is -1.35. The summed E-state index contributed by atoms with van der Waals surface area (Å²) < 4.78 is 0. The molecule has 1 amide bonds. The second-order valence-electron chi connectivity index (χ2n) is 4.63. The van der Waals surface area contributed by atoms with Crippen LogP contribution in [-0.4, -0.2) is 11.9 Å². The molecule has 3 nitrogen and oxygen atoms in total. The van der Waals surface area contributed by atoms with Gasteiger partial charge >= 0.3 is 0 Å². The number of hydrogen-bond donors (Lipinski definition) is 2. The number of carbonyl (C=O) groups is 1. The zero-order valence-corrected chi connectivity index (χ0v) is 10.9. The van der Waals surface area contributed by atoms with Crippen molar-refractivity contribution in [1.82, 2.24) is 0 Å². The molecule has 94 valence electrons. The lowest BCUT2D eigenvalue weighted by molar-refractivity contribution is -0.117. The van der Waals surface area contributed by atoms with Crippen molar-refractivity contribution >= 4 is 11.6 Å². The largest absolute Gasteiger partial charge is 0.324 e. The van der Waals surface area contributed by atoms with Gasteiger partial charge in [-0.25, -0.2) is 0 Å². The molecule has 0 unspecified atom stereocenters. The van der Waals surface area contributed by atoms with Crippen molar-refractivity contribution < 1.29 is 4.79 Å². The topological polar surface area (TPSA) is 55.1 Å². The highest BCUT2D eigenvalue weighted by molar-refractivity contribution is 5.95. The molecule has 0 saturated heterocycles. The number of hydrogen-bond acceptors (Lipinski definition) is 2. The summed E-state index contributed by atoms with van der Waals surface area (Å²) >= 11 is 0. The normalized spacial score (nSPS) is 12.5. The van der Waals surface area contributed by atoms with Crippen molar-refractivity contribution in [3.8, 4) is 0 Å². The molecule has 0 aliphatic rings. The smallest absolute Gasteiger partial charge is 0.241 e. The minimum Gasteiger partial charge on any atom is -0.324 e. The molecule has 0 bridgehead atoms. The molecule has 0 spiro atoms. The van der Waals surface area contributed by atoms with Gasteiger partial charge in [-0.2, -0.15) is 0 Å². The molecule has 0 aromatic heterocycles. The lowest BCUT2D eigenvalue weighted by Crippen LogP contribution is -2.35. The Labute approximate surface area is 103 Å². The van der Waals surface area contributed by atoms with E-state index >= 15 is 0 Å². The third-order valence-corrected chi connectivity index (χ3v) is 2.78. The van der Waals surface area contributed by atoms with Crippen molar-refractivity contribution in [2.24, 2.45) is 5.73 Å². The number of amides is 1. The highest BCUT2D eigenvalue weighted by Gasteiger charge is 2.14. The fourth-order valence-electron chi connectivity index (χ4n) is 1.78. The molecule has 17 heavy (non-hydrogen) atoms. The van der Waals surface area contributed by atoms with Crippen LogP contribution in [-0.2, 0) is 4.79 Å². The average Bonchev–Trinajstić information content (AvgIpc) is 2.29. The van der Waals surface area contributed by atoms with Crippen molar-refractivity contribution in [2.45, 2.75) is 45.6 Å². The molecule has 0 fully saturated rings. The van der Waals surface area contributed by atoms with Gasteiger partial charge < -0.3 is 11.1 Å². The Morgan fingerprint density at radius 2 is 2.00 bits per heavy atom. The summed E-state index contributed by atoms with van der Waals surface area (Å²) in [6, 6.07) is 7.45. The lowest BCUT2D eigenvalue weighted by Gasteiger charge is -2.16. The standard InChI is InChI=1S/C14H22N2O/c1-4-7-12(15)14(17)16-13-9-6-5-8-11(13)10(2)3/h5-6,8-10,12H,4,7,15H2,1-3H3,(H,16,17)/t12-/m0/s1. The maximum Gasteiger partial charge on any atom is 0.241 e. The number of carbonyl (C=O) groups excluding carboxylic acids is 1. The number of para-hydroxylation sites is 1. The molecule has 0 aliphatic heterocycles. The van der Waals surface area contributed by atoms with E-state index in [0.29, 0.717) is 5.92 Å². The fourth-order valence-corrected chi connectivity index (χ4v) is 1.78. The number of nitrogens with two attached hydrogens (primary N) is 1. The zero-order chi connectivity index (χ0) is 12.8. The van der Waals surface area contributed by atoms with Crippen molar-refractivity contribution in [3.63, 3.8) is 0 Å². The predicted octanol–water partition coefficient (Wildman–Crippen LogP) is 2.88. The van der Waals surface area contributed by atoms with Gasteiger partial charge in [-0.3, -0.25) is 4.79 Å². The highest BCUT2D eigenvalue weighted by atomic mass is 16.2. The molecular weight excluding hydrogens is 212 g/mol. The summed E-state index contributed by atoms with van der Waals surface area (Å²) in [5, 5.41) is 2.91. The summed E-state index contributed by atoms with van der Waals surface area (Å²) in [6.07, 6.45) is 1.64. The van der Waals surface area contributed by atoms with Gasteiger partial charge in [0.2, 0.25) is 5.91 Å². The average molecular weight is 234 g/mol. The molecule has 0 heterocycles. The van der Waals surface area contributed by atoms with Gasteiger partial charge in [0.1, 0.15) is 0 Å². The van der Waals surface area contributed by atoms with Crippen LogP contribution in [0.1, 0.15) is 45.1 Å². The number of anilines is 1. The first kappa shape index (κ1) is 13.7. The Balaban J connectivity index is 2.77. The molecule has 1 aromatic carbocycles. The maximum absolute atomic E-state index is 11.8. The molecule has 1 atom stereocenters. The predicted molar refractivity (Wildman–Crippen MR) is 72.0 cm³/mol. The zero-order valence-electron chi connectivity index (χ0n) is 10.9. The molecule has 1 aromatic rings. The van der Waals surface area contributed by atoms with Gasteiger partial charge in [0.05, 0.1) is 6.04 Å². The Bertz CT molecular complexity index is 374. The van der Waals surface area contributed by atoms with Crippen LogP contribution in [0.15, 0.2) is 24.3 Å². The Kier molecular flexibility index (Phi) is 5.16. The fraction of sp³-hybridized carbons (Fsp3) is 0.500. The minimum absolute atomic E-state index is 0.0973. The number of benzene rings is 1. The Morgan fingerprint density at radius 3 is 2.59 bits per heavy atom. The van der Waals surface area contributed by atoms with E-state index in [2.05, 4.69) is 19.2 Å². The molecule has 3 N–H and O–H groups in total. The molecular formula is C14H22N2O. The van der Waals surface area contributed by atoms with Gasteiger partial charge in [0, 0.05) is 5.69 Å². The van der Waals surface area contributed by atoms with E-state index < -0.39 is 6.04 Å². The van der Waals surface area contributed by atoms with Crippen LogP contribution < -0.4 is 11.1 Å². The van der Waals surface area contributed by atoms with Gasteiger partial charge in [-0.05, 0) is 24.0 Å². The minimum atomic E-state index is -0.416. The van der Waals surface area contributed by atoms with E-state index in [9.17, 15) is 4.79 Å².